The summed E-state index contributed by atoms with van der Waals surface area (Å²) in [5.74, 6) is 0.583. The first-order chi connectivity index (χ1) is 12.1. The van der Waals surface area contributed by atoms with E-state index in [4.69, 9.17) is 16.3 Å². The lowest BCUT2D eigenvalue weighted by molar-refractivity contribution is 0.0951. The van der Waals surface area contributed by atoms with Crippen LogP contribution in [0.4, 0.5) is 0 Å². The predicted octanol–water partition coefficient (Wildman–Crippen LogP) is 4.61. The Morgan fingerprint density at radius 3 is 2.52 bits per heavy atom. The molecule has 0 atom stereocenters. The van der Waals surface area contributed by atoms with Crippen molar-refractivity contribution in [3.05, 3.63) is 80.8 Å². The topological polar surface area (TPSA) is 51.2 Å². The summed E-state index contributed by atoms with van der Waals surface area (Å²) in [7, 11) is 0. The van der Waals surface area contributed by atoms with Crippen LogP contribution < -0.4 is 10.1 Å². The van der Waals surface area contributed by atoms with Crippen LogP contribution in [0.3, 0.4) is 0 Å². The summed E-state index contributed by atoms with van der Waals surface area (Å²) < 4.78 is 5.68. The fraction of sp³-hybridized carbons (Fsp3) is 0.158. The largest absolute Gasteiger partial charge is 0.486 e. The average molecular weight is 373 g/mol. The van der Waals surface area contributed by atoms with Crippen molar-refractivity contribution in [3.63, 3.8) is 0 Å². The van der Waals surface area contributed by atoms with Crippen molar-refractivity contribution >= 4 is 28.8 Å². The molecular weight excluding hydrogens is 356 g/mol. The zero-order valence-corrected chi connectivity index (χ0v) is 15.2. The smallest absolute Gasteiger partial charge is 0.251 e. The second-order valence-corrected chi connectivity index (χ2v) is 6.88. The highest BCUT2D eigenvalue weighted by atomic mass is 35.5. The van der Waals surface area contributed by atoms with Crippen molar-refractivity contribution < 1.29 is 9.53 Å². The summed E-state index contributed by atoms with van der Waals surface area (Å²) in [5.41, 5.74) is 2.58. The fourth-order valence-electron chi connectivity index (χ4n) is 2.20. The van der Waals surface area contributed by atoms with Gasteiger partial charge in [0.2, 0.25) is 0 Å². The third-order valence-electron chi connectivity index (χ3n) is 3.51. The van der Waals surface area contributed by atoms with Gasteiger partial charge in [-0.2, -0.15) is 0 Å². The number of carbonyl (C=O) groups excluding carboxylic acids is 1. The van der Waals surface area contributed by atoms with Crippen molar-refractivity contribution in [2.24, 2.45) is 0 Å². The van der Waals surface area contributed by atoms with E-state index in [2.05, 4.69) is 10.3 Å². The van der Waals surface area contributed by atoms with Gasteiger partial charge in [0.25, 0.3) is 5.91 Å². The number of benzene rings is 2. The van der Waals surface area contributed by atoms with Crippen molar-refractivity contribution in [2.75, 3.05) is 0 Å². The normalized spacial score (nSPS) is 10.5. The first kappa shape index (κ1) is 17.5. The average Bonchev–Trinajstić information content (AvgIpc) is 3.05. The Morgan fingerprint density at radius 1 is 1.16 bits per heavy atom. The second-order valence-electron chi connectivity index (χ2n) is 5.50. The molecule has 3 aromatic rings. The monoisotopic (exact) mass is 372 g/mol. The molecular formula is C19H17ClN2O2S. The first-order valence-electron chi connectivity index (χ1n) is 7.77. The number of aromatic nitrogens is 1. The molecule has 0 aliphatic carbocycles. The highest BCUT2D eigenvalue weighted by molar-refractivity contribution is 7.09. The minimum absolute atomic E-state index is 0.128. The second kappa shape index (κ2) is 8.14. The number of aryl methyl sites for hydroxylation is 1. The van der Waals surface area contributed by atoms with E-state index < -0.39 is 0 Å². The van der Waals surface area contributed by atoms with Crippen LogP contribution in [0, 0.1) is 6.92 Å². The highest BCUT2D eigenvalue weighted by Crippen LogP contribution is 2.16. The molecule has 1 amide bonds. The molecule has 128 valence electrons. The van der Waals surface area contributed by atoms with E-state index in [1.807, 2.05) is 24.4 Å². The number of hydrogen-bond donors (Lipinski definition) is 1. The van der Waals surface area contributed by atoms with E-state index in [0.29, 0.717) is 29.5 Å². The molecule has 0 saturated heterocycles. The van der Waals surface area contributed by atoms with Crippen LogP contribution in [-0.4, -0.2) is 10.9 Å². The maximum atomic E-state index is 12.2. The van der Waals surface area contributed by atoms with E-state index >= 15 is 0 Å². The van der Waals surface area contributed by atoms with Gasteiger partial charge in [-0.15, -0.1) is 11.3 Å². The molecule has 4 nitrogen and oxygen atoms in total. The lowest BCUT2D eigenvalue weighted by atomic mass is 10.2. The Morgan fingerprint density at radius 2 is 1.88 bits per heavy atom. The summed E-state index contributed by atoms with van der Waals surface area (Å²) >= 11 is 7.42. The number of nitrogens with one attached hydrogen (secondary N) is 1. The summed E-state index contributed by atoms with van der Waals surface area (Å²) in [4.78, 5) is 16.5. The summed E-state index contributed by atoms with van der Waals surface area (Å²) in [6.45, 7) is 2.84. The molecule has 0 radical (unpaired) electrons. The van der Waals surface area contributed by atoms with E-state index in [1.54, 1.807) is 47.7 Å². The zero-order valence-electron chi connectivity index (χ0n) is 13.7. The van der Waals surface area contributed by atoms with E-state index in [9.17, 15) is 4.79 Å². The lowest BCUT2D eigenvalue weighted by Crippen LogP contribution is -2.22. The molecule has 0 spiro atoms. The van der Waals surface area contributed by atoms with Gasteiger partial charge < -0.3 is 10.1 Å². The van der Waals surface area contributed by atoms with Crippen LogP contribution in [0.5, 0.6) is 5.75 Å². The van der Waals surface area contributed by atoms with Crippen LogP contribution >= 0.6 is 22.9 Å². The molecule has 1 N–H and O–H groups in total. The molecule has 0 saturated carbocycles. The maximum absolute atomic E-state index is 12.2. The third kappa shape index (κ3) is 5.05. The summed E-state index contributed by atoms with van der Waals surface area (Å²) in [6, 6.07) is 14.5. The van der Waals surface area contributed by atoms with Gasteiger partial charge in [-0.1, -0.05) is 23.7 Å². The molecule has 25 heavy (non-hydrogen) atoms. The van der Waals surface area contributed by atoms with Gasteiger partial charge in [0.05, 0.1) is 0 Å². The molecule has 0 aliphatic heterocycles. The standard InChI is InChI=1S/C19H17ClN2O2S/c1-13-12-25-18(22-13)11-24-17-8-4-15(5-9-17)19(23)21-10-14-2-6-16(20)7-3-14/h2-9,12H,10-11H2,1H3,(H,21,23). The number of ether oxygens (including phenoxy) is 1. The van der Waals surface area contributed by atoms with Crippen LogP contribution in [0.2, 0.25) is 5.02 Å². The molecule has 0 fully saturated rings. The SMILES string of the molecule is Cc1csc(COc2ccc(C(=O)NCc3ccc(Cl)cc3)cc2)n1. The van der Waals surface area contributed by atoms with Crippen LogP contribution in [-0.2, 0) is 13.2 Å². The van der Waals surface area contributed by atoms with Gasteiger partial charge in [-0.05, 0) is 48.9 Å². The number of rotatable bonds is 6. The number of carbonyl (C=O) groups is 1. The Balaban J connectivity index is 1.52. The van der Waals surface area contributed by atoms with Crippen molar-refractivity contribution in [1.29, 1.82) is 0 Å². The quantitative estimate of drug-likeness (QED) is 0.687. The van der Waals surface area contributed by atoms with Crippen LogP contribution in [0.25, 0.3) is 0 Å². The minimum atomic E-state index is -0.128. The number of nitrogens with zero attached hydrogens (tertiary/aromatic N) is 1. The Hall–Kier alpha value is -2.37. The molecule has 3 rings (SSSR count). The Kier molecular flexibility index (Phi) is 5.68. The van der Waals surface area contributed by atoms with E-state index in [1.165, 1.54) is 0 Å². The van der Waals surface area contributed by atoms with Gasteiger partial charge >= 0.3 is 0 Å². The molecule has 1 heterocycles. The summed E-state index contributed by atoms with van der Waals surface area (Å²) in [6.07, 6.45) is 0. The number of thiazole rings is 1. The number of amides is 1. The van der Waals surface area contributed by atoms with E-state index in [-0.39, 0.29) is 5.91 Å². The Labute approximate surface area is 155 Å². The number of hydrogen-bond acceptors (Lipinski definition) is 4. The van der Waals surface area contributed by atoms with Gasteiger partial charge in [-0.3, -0.25) is 4.79 Å². The maximum Gasteiger partial charge on any atom is 0.251 e. The van der Waals surface area contributed by atoms with Crippen LogP contribution in [0.15, 0.2) is 53.9 Å². The van der Waals surface area contributed by atoms with Crippen molar-refractivity contribution in [2.45, 2.75) is 20.1 Å². The predicted molar refractivity (Wildman–Crippen MR) is 100 cm³/mol. The molecule has 2 aromatic carbocycles. The van der Waals surface area contributed by atoms with Gasteiger partial charge in [0.15, 0.2) is 0 Å². The minimum Gasteiger partial charge on any atom is -0.486 e. The molecule has 0 bridgehead atoms. The van der Waals surface area contributed by atoms with Crippen LogP contribution in [0.1, 0.15) is 26.6 Å². The lowest BCUT2D eigenvalue weighted by Gasteiger charge is -2.07. The van der Waals surface area contributed by atoms with Gasteiger partial charge in [-0.25, -0.2) is 4.98 Å². The fourth-order valence-corrected chi connectivity index (χ4v) is 3.01. The molecule has 1 aromatic heterocycles. The Bertz CT molecular complexity index is 845. The first-order valence-corrected chi connectivity index (χ1v) is 9.02. The van der Waals surface area contributed by atoms with Gasteiger partial charge in [0.1, 0.15) is 17.4 Å². The molecule has 6 heteroatoms. The van der Waals surface area contributed by atoms with E-state index in [0.717, 1.165) is 16.3 Å². The molecule has 0 aliphatic rings. The number of halogens is 1. The molecule has 0 unspecified atom stereocenters. The van der Waals surface area contributed by atoms with Crippen molar-refractivity contribution in [1.82, 2.24) is 10.3 Å². The third-order valence-corrected chi connectivity index (χ3v) is 4.70. The summed E-state index contributed by atoms with van der Waals surface area (Å²) in [5, 5.41) is 6.49. The zero-order chi connectivity index (χ0) is 17.6. The van der Waals surface area contributed by atoms with Gasteiger partial charge in [0, 0.05) is 28.2 Å². The van der Waals surface area contributed by atoms with Crippen molar-refractivity contribution in [3.8, 4) is 5.75 Å². The highest BCUT2D eigenvalue weighted by Gasteiger charge is 2.06.